The molecule has 1 aromatic heterocycles. The van der Waals surface area contributed by atoms with Gasteiger partial charge < -0.3 is 4.74 Å². The van der Waals surface area contributed by atoms with Gasteiger partial charge in [0, 0.05) is 5.56 Å². The summed E-state index contributed by atoms with van der Waals surface area (Å²) in [4.78, 5) is 9.02. The van der Waals surface area contributed by atoms with Crippen LogP contribution < -0.4 is 4.74 Å². The fourth-order valence-corrected chi connectivity index (χ4v) is 4.19. The van der Waals surface area contributed by atoms with Crippen LogP contribution in [-0.2, 0) is 19.4 Å². The molecule has 34 heavy (non-hydrogen) atoms. The van der Waals surface area contributed by atoms with Crippen molar-refractivity contribution in [1.82, 2.24) is 9.97 Å². The van der Waals surface area contributed by atoms with Crippen LogP contribution in [0.25, 0.3) is 11.4 Å². The van der Waals surface area contributed by atoms with Crippen LogP contribution in [0.2, 0.25) is 0 Å². The molecule has 1 heterocycles. The van der Waals surface area contributed by atoms with Gasteiger partial charge in [-0.3, -0.25) is 0 Å². The van der Waals surface area contributed by atoms with Gasteiger partial charge in [0.25, 0.3) is 0 Å². The molecule has 0 radical (unpaired) electrons. The number of ether oxygens (including phenoxy) is 1. The summed E-state index contributed by atoms with van der Waals surface area (Å²) in [7, 11) is 0. The molecule has 3 nitrogen and oxygen atoms in total. The lowest BCUT2D eigenvalue weighted by molar-refractivity contribution is 0.303. The molecular weight excluding hydrogens is 416 g/mol. The van der Waals surface area contributed by atoms with E-state index in [-0.39, 0.29) is 0 Å². The van der Waals surface area contributed by atoms with E-state index in [2.05, 4.69) is 72.3 Å². The van der Waals surface area contributed by atoms with Crippen LogP contribution in [0.15, 0.2) is 60.9 Å². The van der Waals surface area contributed by atoms with E-state index < -0.39 is 0 Å². The molecule has 3 rings (SSSR count). The minimum atomic E-state index is 0.535. The highest BCUT2D eigenvalue weighted by atomic mass is 16.5. The smallest absolute Gasteiger partial charge is 0.159 e. The van der Waals surface area contributed by atoms with Gasteiger partial charge in [-0.05, 0) is 42.4 Å². The largest absolute Gasteiger partial charge is 0.486 e. The molecule has 0 saturated heterocycles. The summed E-state index contributed by atoms with van der Waals surface area (Å²) in [6.07, 6.45) is 19.1. The fourth-order valence-electron chi connectivity index (χ4n) is 4.19. The van der Waals surface area contributed by atoms with Crippen molar-refractivity contribution >= 4 is 0 Å². The van der Waals surface area contributed by atoms with Gasteiger partial charge in [0.05, 0.1) is 12.4 Å². The standard InChI is InChI=1S/C31H42N2O/c1-3-5-7-8-9-10-12-14-26-15-17-28(18-16-26)25-34-30-23-32-31(33-24-30)29-21-19-27(20-22-29)13-11-6-4-2/h15-24H,3-14,25H2,1-2H3. The molecule has 0 aliphatic heterocycles. The Bertz CT molecular complexity index is 917. The van der Waals surface area contributed by atoms with Crippen LogP contribution in [0.4, 0.5) is 0 Å². The maximum absolute atomic E-state index is 5.92. The number of unbranched alkanes of at least 4 members (excludes halogenated alkanes) is 8. The van der Waals surface area contributed by atoms with E-state index in [1.165, 1.54) is 87.3 Å². The van der Waals surface area contributed by atoms with Crippen molar-refractivity contribution in [1.29, 1.82) is 0 Å². The van der Waals surface area contributed by atoms with Gasteiger partial charge in [0.1, 0.15) is 6.61 Å². The number of nitrogens with zero attached hydrogens (tertiary/aromatic N) is 2. The van der Waals surface area contributed by atoms with Crippen molar-refractivity contribution in [2.24, 2.45) is 0 Å². The lowest BCUT2D eigenvalue weighted by atomic mass is 10.0. The molecule has 0 N–H and O–H groups in total. The third-order valence-electron chi connectivity index (χ3n) is 6.41. The van der Waals surface area contributed by atoms with Crippen LogP contribution in [0.3, 0.4) is 0 Å². The van der Waals surface area contributed by atoms with Gasteiger partial charge in [-0.2, -0.15) is 0 Å². The highest BCUT2D eigenvalue weighted by Gasteiger charge is 2.04. The topological polar surface area (TPSA) is 35.0 Å². The minimum absolute atomic E-state index is 0.535. The van der Waals surface area contributed by atoms with E-state index in [9.17, 15) is 0 Å². The summed E-state index contributed by atoms with van der Waals surface area (Å²) >= 11 is 0. The Morgan fingerprint density at radius 1 is 0.559 bits per heavy atom. The van der Waals surface area contributed by atoms with Gasteiger partial charge in [-0.25, -0.2) is 9.97 Å². The zero-order valence-electron chi connectivity index (χ0n) is 21.3. The second-order valence-corrected chi connectivity index (χ2v) is 9.37. The molecule has 0 aliphatic rings. The van der Waals surface area contributed by atoms with Crippen LogP contribution in [0.1, 0.15) is 94.7 Å². The molecule has 2 aromatic carbocycles. The Kier molecular flexibility index (Phi) is 11.6. The molecule has 0 bridgehead atoms. The predicted octanol–water partition coefficient (Wildman–Crippen LogP) is 8.75. The molecule has 3 aromatic rings. The maximum Gasteiger partial charge on any atom is 0.159 e. The van der Waals surface area contributed by atoms with E-state index >= 15 is 0 Å². The average Bonchev–Trinajstić information content (AvgIpc) is 2.88. The summed E-state index contributed by atoms with van der Waals surface area (Å²) in [5.41, 5.74) is 5.01. The molecule has 0 spiro atoms. The number of aromatic nitrogens is 2. The summed E-state index contributed by atoms with van der Waals surface area (Å²) in [5.74, 6) is 1.44. The second-order valence-electron chi connectivity index (χ2n) is 9.37. The number of hydrogen-bond donors (Lipinski definition) is 0. The van der Waals surface area contributed by atoms with E-state index in [1.54, 1.807) is 12.4 Å². The third kappa shape index (κ3) is 9.29. The molecule has 0 amide bonds. The Labute approximate surface area is 207 Å². The minimum Gasteiger partial charge on any atom is -0.486 e. The van der Waals surface area contributed by atoms with Crippen LogP contribution >= 0.6 is 0 Å². The molecule has 0 aliphatic carbocycles. The van der Waals surface area contributed by atoms with Crippen molar-refractivity contribution in [2.75, 3.05) is 0 Å². The Morgan fingerprint density at radius 3 is 1.65 bits per heavy atom. The molecule has 0 unspecified atom stereocenters. The van der Waals surface area contributed by atoms with Crippen molar-refractivity contribution < 1.29 is 4.74 Å². The fraction of sp³-hybridized carbons (Fsp3) is 0.484. The molecular formula is C31H42N2O. The van der Waals surface area contributed by atoms with Crippen molar-refractivity contribution in [2.45, 2.75) is 97.5 Å². The quantitative estimate of drug-likeness (QED) is 0.201. The van der Waals surface area contributed by atoms with Gasteiger partial charge in [-0.15, -0.1) is 0 Å². The predicted molar refractivity (Wildman–Crippen MR) is 143 cm³/mol. The monoisotopic (exact) mass is 458 g/mol. The van der Waals surface area contributed by atoms with Crippen molar-refractivity contribution in [3.63, 3.8) is 0 Å². The molecule has 0 fully saturated rings. The van der Waals surface area contributed by atoms with E-state index in [1.807, 2.05) is 0 Å². The van der Waals surface area contributed by atoms with Crippen LogP contribution in [0, 0.1) is 0 Å². The molecule has 182 valence electrons. The van der Waals surface area contributed by atoms with Gasteiger partial charge >= 0.3 is 0 Å². The number of hydrogen-bond acceptors (Lipinski definition) is 3. The van der Waals surface area contributed by atoms with E-state index in [0.717, 1.165) is 17.8 Å². The van der Waals surface area contributed by atoms with Crippen LogP contribution in [0.5, 0.6) is 5.75 Å². The summed E-state index contributed by atoms with van der Waals surface area (Å²) in [5, 5.41) is 0. The zero-order valence-corrected chi connectivity index (χ0v) is 21.3. The first-order valence-corrected chi connectivity index (χ1v) is 13.4. The first kappa shape index (κ1) is 25.9. The molecule has 3 heteroatoms. The summed E-state index contributed by atoms with van der Waals surface area (Å²) in [6.45, 7) is 5.04. The number of benzene rings is 2. The highest BCUT2D eigenvalue weighted by Crippen LogP contribution is 2.19. The van der Waals surface area contributed by atoms with Gasteiger partial charge in [-0.1, -0.05) is 114 Å². The first-order chi connectivity index (χ1) is 16.8. The summed E-state index contributed by atoms with van der Waals surface area (Å²) in [6, 6.07) is 17.4. The molecule has 0 saturated carbocycles. The van der Waals surface area contributed by atoms with Gasteiger partial charge in [0.2, 0.25) is 0 Å². The Hall–Kier alpha value is -2.68. The zero-order chi connectivity index (χ0) is 23.8. The lowest BCUT2D eigenvalue weighted by Gasteiger charge is -2.08. The lowest BCUT2D eigenvalue weighted by Crippen LogP contribution is -1.98. The first-order valence-electron chi connectivity index (χ1n) is 13.4. The maximum atomic E-state index is 5.92. The number of rotatable bonds is 16. The van der Waals surface area contributed by atoms with E-state index in [0.29, 0.717) is 12.4 Å². The van der Waals surface area contributed by atoms with Crippen LogP contribution in [-0.4, -0.2) is 9.97 Å². The second kappa shape index (κ2) is 15.3. The third-order valence-corrected chi connectivity index (χ3v) is 6.41. The summed E-state index contributed by atoms with van der Waals surface area (Å²) < 4.78 is 5.92. The average molecular weight is 459 g/mol. The molecule has 0 atom stereocenters. The van der Waals surface area contributed by atoms with Crippen molar-refractivity contribution in [3.8, 4) is 17.1 Å². The highest BCUT2D eigenvalue weighted by molar-refractivity contribution is 5.55. The Balaban J connectivity index is 1.39. The normalized spacial score (nSPS) is 11.0. The number of aryl methyl sites for hydroxylation is 2. The Morgan fingerprint density at radius 2 is 1.03 bits per heavy atom. The van der Waals surface area contributed by atoms with Crippen molar-refractivity contribution in [3.05, 3.63) is 77.6 Å². The SMILES string of the molecule is CCCCCCCCCc1ccc(COc2cnc(-c3ccc(CCCCC)cc3)nc2)cc1. The van der Waals surface area contributed by atoms with Gasteiger partial charge in [0.15, 0.2) is 11.6 Å². The van der Waals surface area contributed by atoms with E-state index in [4.69, 9.17) is 4.74 Å².